The third-order valence-corrected chi connectivity index (χ3v) is 4.46. The van der Waals surface area contributed by atoms with E-state index in [1.807, 2.05) is 12.1 Å². The molecule has 2 aromatic carbocycles. The van der Waals surface area contributed by atoms with Crippen molar-refractivity contribution in [3.8, 4) is 0 Å². The fraction of sp³-hybridized carbons (Fsp3) is 0.0556. The summed E-state index contributed by atoms with van der Waals surface area (Å²) in [6.45, 7) is -0.129. The zero-order valence-electron chi connectivity index (χ0n) is 12.8. The van der Waals surface area contributed by atoms with Gasteiger partial charge in [0.15, 0.2) is 5.78 Å². The molecule has 0 spiro atoms. The molecule has 0 aliphatic carbocycles. The van der Waals surface area contributed by atoms with E-state index in [9.17, 15) is 9.59 Å². The first-order chi connectivity index (χ1) is 12.0. The van der Waals surface area contributed by atoms with Crippen LogP contribution >= 0.6 is 23.2 Å². The minimum atomic E-state index is -0.259. The Morgan fingerprint density at radius 3 is 2.56 bits per heavy atom. The molecule has 0 atom stereocenters. The average Bonchev–Trinajstić information content (AvgIpc) is 3.07. The Bertz CT molecular complexity index is 1170. The SMILES string of the molecule is O=C(Cn1c(=O)c2ccccc2n2cncc12)c1cc(Cl)cc(Cl)c1. The molecule has 0 radical (unpaired) electrons. The Morgan fingerprint density at radius 2 is 1.80 bits per heavy atom. The molecular weight excluding hydrogens is 361 g/mol. The van der Waals surface area contributed by atoms with Crippen LogP contribution in [0, 0.1) is 0 Å². The van der Waals surface area contributed by atoms with Gasteiger partial charge in [-0.25, -0.2) is 4.98 Å². The number of nitrogens with zero attached hydrogens (tertiary/aromatic N) is 3. The van der Waals surface area contributed by atoms with Crippen LogP contribution in [-0.2, 0) is 6.54 Å². The van der Waals surface area contributed by atoms with E-state index in [-0.39, 0.29) is 17.9 Å². The highest BCUT2D eigenvalue weighted by molar-refractivity contribution is 6.35. The van der Waals surface area contributed by atoms with Gasteiger partial charge in [0, 0.05) is 15.6 Å². The first-order valence-corrected chi connectivity index (χ1v) is 8.23. The number of carbonyl (C=O) groups is 1. The molecule has 5 nitrogen and oxygen atoms in total. The van der Waals surface area contributed by atoms with Gasteiger partial charge in [0.25, 0.3) is 5.56 Å². The van der Waals surface area contributed by atoms with E-state index in [2.05, 4.69) is 4.98 Å². The van der Waals surface area contributed by atoms with Crippen molar-refractivity contribution in [3.63, 3.8) is 0 Å². The summed E-state index contributed by atoms with van der Waals surface area (Å²) in [5.74, 6) is -0.259. The van der Waals surface area contributed by atoms with Gasteiger partial charge in [-0.2, -0.15) is 0 Å². The molecule has 0 N–H and O–H groups in total. The second-order valence-corrected chi connectivity index (χ2v) is 6.48. The summed E-state index contributed by atoms with van der Waals surface area (Å²) < 4.78 is 3.20. The summed E-state index contributed by atoms with van der Waals surface area (Å²) in [6.07, 6.45) is 3.18. The van der Waals surface area contributed by atoms with Gasteiger partial charge in [0.05, 0.1) is 23.6 Å². The summed E-state index contributed by atoms with van der Waals surface area (Å²) in [4.78, 5) is 29.6. The molecule has 0 fully saturated rings. The normalized spacial score (nSPS) is 11.3. The van der Waals surface area contributed by atoms with Crippen molar-refractivity contribution in [1.82, 2.24) is 14.0 Å². The van der Waals surface area contributed by atoms with E-state index < -0.39 is 0 Å². The Kier molecular flexibility index (Phi) is 3.82. The summed E-state index contributed by atoms with van der Waals surface area (Å²) >= 11 is 11.9. The van der Waals surface area contributed by atoms with Crippen molar-refractivity contribution in [3.05, 3.63) is 81.0 Å². The number of benzene rings is 2. The molecular formula is C18H11Cl2N3O2. The van der Waals surface area contributed by atoms with Crippen LogP contribution in [0.3, 0.4) is 0 Å². The molecule has 0 aliphatic heterocycles. The predicted molar refractivity (Wildman–Crippen MR) is 97.8 cm³/mol. The zero-order chi connectivity index (χ0) is 17.6. The van der Waals surface area contributed by atoms with Gasteiger partial charge in [-0.3, -0.25) is 18.6 Å². The van der Waals surface area contributed by atoms with Crippen LogP contribution < -0.4 is 5.56 Å². The maximum Gasteiger partial charge on any atom is 0.262 e. The molecule has 0 amide bonds. The van der Waals surface area contributed by atoms with E-state index in [1.54, 1.807) is 35.1 Å². The molecule has 0 saturated heterocycles. The highest BCUT2D eigenvalue weighted by Gasteiger charge is 2.15. The highest BCUT2D eigenvalue weighted by atomic mass is 35.5. The Morgan fingerprint density at radius 1 is 1.08 bits per heavy atom. The third kappa shape index (κ3) is 2.71. The van der Waals surface area contributed by atoms with Crippen molar-refractivity contribution in [2.75, 3.05) is 0 Å². The van der Waals surface area contributed by atoms with E-state index >= 15 is 0 Å². The zero-order valence-corrected chi connectivity index (χ0v) is 14.3. The summed E-state index contributed by atoms with van der Waals surface area (Å²) in [7, 11) is 0. The summed E-state index contributed by atoms with van der Waals surface area (Å²) in [6, 6.07) is 11.8. The number of Topliss-reactive ketones (excluding diaryl/α,β-unsaturated/α-hetero) is 1. The van der Waals surface area contributed by atoms with Crippen molar-refractivity contribution in [1.29, 1.82) is 0 Å². The number of hydrogen-bond acceptors (Lipinski definition) is 3. The van der Waals surface area contributed by atoms with E-state index in [4.69, 9.17) is 23.2 Å². The van der Waals surface area contributed by atoms with Crippen LogP contribution in [0.2, 0.25) is 10.0 Å². The minimum Gasteiger partial charge on any atom is -0.292 e. The number of halogens is 2. The van der Waals surface area contributed by atoms with Gasteiger partial charge in [-0.1, -0.05) is 35.3 Å². The van der Waals surface area contributed by atoms with E-state index in [1.165, 1.54) is 16.7 Å². The van der Waals surface area contributed by atoms with Gasteiger partial charge >= 0.3 is 0 Å². The lowest BCUT2D eigenvalue weighted by molar-refractivity contribution is 0.0972. The van der Waals surface area contributed by atoms with Crippen LogP contribution in [0.4, 0.5) is 0 Å². The lowest BCUT2D eigenvalue weighted by atomic mass is 10.1. The number of rotatable bonds is 3. The number of imidazole rings is 1. The standard InChI is InChI=1S/C18H11Cl2N3O2/c19-12-5-11(6-13(20)7-12)16(24)9-22-17-8-21-10-23(17)15-4-2-1-3-14(15)18(22)25/h1-8,10H,9H2. The summed E-state index contributed by atoms with van der Waals surface area (Å²) in [5.41, 5.74) is 1.40. The smallest absolute Gasteiger partial charge is 0.262 e. The number of aromatic nitrogens is 3. The Labute approximate surface area is 152 Å². The molecule has 124 valence electrons. The first kappa shape index (κ1) is 15.9. The molecule has 0 saturated carbocycles. The fourth-order valence-corrected chi connectivity index (χ4v) is 3.42. The van der Waals surface area contributed by atoms with Gasteiger partial charge in [-0.15, -0.1) is 0 Å². The minimum absolute atomic E-state index is 0.129. The lowest BCUT2D eigenvalue weighted by Crippen LogP contribution is -2.26. The first-order valence-electron chi connectivity index (χ1n) is 7.47. The molecule has 0 bridgehead atoms. The molecule has 4 aromatic rings. The predicted octanol–water partition coefficient (Wildman–Crippen LogP) is 3.84. The van der Waals surface area contributed by atoms with Crippen molar-refractivity contribution < 1.29 is 4.79 Å². The van der Waals surface area contributed by atoms with Gasteiger partial charge in [0.2, 0.25) is 0 Å². The second-order valence-electron chi connectivity index (χ2n) is 5.61. The maximum atomic E-state index is 12.9. The number of carbonyl (C=O) groups excluding carboxylic acids is 1. The van der Waals surface area contributed by atoms with Gasteiger partial charge in [0.1, 0.15) is 12.0 Å². The number of para-hydroxylation sites is 1. The van der Waals surface area contributed by atoms with Crippen LogP contribution in [0.25, 0.3) is 16.6 Å². The van der Waals surface area contributed by atoms with Gasteiger partial charge < -0.3 is 0 Å². The summed E-state index contributed by atoms with van der Waals surface area (Å²) in [5, 5.41) is 1.26. The average molecular weight is 372 g/mol. The molecule has 25 heavy (non-hydrogen) atoms. The van der Waals surface area contributed by atoms with Crippen LogP contribution in [0.5, 0.6) is 0 Å². The number of hydrogen-bond donors (Lipinski definition) is 0. The van der Waals surface area contributed by atoms with Gasteiger partial charge in [-0.05, 0) is 30.3 Å². The lowest BCUT2D eigenvalue weighted by Gasteiger charge is -2.11. The molecule has 2 aromatic heterocycles. The quantitative estimate of drug-likeness (QED) is 0.514. The molecule has 2 heterocycles. The van der Waals surface area contributed by atoms with Crippen LogP contribution in [0.1, 0.15) is 10.4 Å². The van der Waals surface area contributed by atoms with Crippen LogP contribution in [0.15, 0.2) is 59.8 Å². The van der Waals surface area contributed by atoms with Crippen LogP contribution in [-0.4, -0.2) is 19.7 Å². The molecule has 0 aliphatic rings. The Balaban J connectivity index is 1.88. The topological polar surface area (TPSA) is 56.4 Å². The van der Waals surface area contributed by atoms with E-state index in [0.29, 0.717) is 26.6 Å². The van der Waals surface area contributed by atoms with Crippen molar-refractivity contribution in [2.45, 2.75) is 6.54 Å². The monoisotopic (exact) mass is 371 g/mol. The fourth-order valence-electron chi connectivity index (χ4n) is 2.89. The highest BCUT2D eigenvalue weighted by Crippen LogP contribution is 2.20. The largest absolute Gasteiger partial charge is 0.292 e. The van der Waals surface area contributed by atoms with Crippen molar-refractivity contribution >= 4 is 45.5 Å². The Hall–Kier alpha value is -2.63. The third-order valence-electron chi connectivity index (χ3n) is 4.02. The van der Waals surface area contributed by atoms with Crippen molar-refractivity contribution in [2.24, 2.45) is 0 Å². The molecule has 0 unspecified atom stereocenters. The number of ketones is 1. The molecule has 4 rings (SSSR count). The number of fused-ring (bicyclic) bond motifs is 3. The van der Waals surface area contributed by atoms with E-state index in [0.717, 1.165) is 5.52 Å². The molecule has 7 heteroatoms. The second kappa shape index (κ2) is 6.02. The maximum absolute atomic E-state index is 12.9.